The predicted molar refractivity (Wildman–Crippen MR) is 76.2 cm³/mol. The van der Waals surface area contributed by atoms with Gasteiger partial charge in [-0.1, -0.05) is 12.1 Å². The van der Waals surface area contributed by atoms with E-state index in [9.17, 15) is 4.79 Å². The lowest BCUT2D eigenvalue weighted by molar-refractivity contribution is -0.129. The van der Waals surface area contributed by atoms with E-state index in [0.717, 1.165) is 31.6 Å². The number of carbonyl (C=O) groups is 1. The molecule has 1 aliphatic heterocycles. The summed E-state index contributed by atoms with van der Waals surface area (Å²) in [4.78, 5) is 19.8. The summed E-state index contributed by atoms with van der Waals surface area (Å²) >= 11 is 0. The fourth-order valence-corrected chi connectivity index (χ4v) is 2.64. The second-order valence-corrected chi connectivity index (χ2v) is 4.87. The summed E-state index contributed by atoms with van der Waals surface area (Å²) in [6.45, 7) is 5.02. The van der Waals surface area contributed by atoms with Crippen LogP contribution in [0.3, 0.4) is 0 Å². The van der Waals surface area contributed by atoms with Crippen molar-refractivity contribution in [3.8, 4) is 0 Å². The number of fused-ring (bicyclic) bond motifs is 1. The number of carbonyl (C=O) groups excluding carboxylic acids is 1. The molecule has 98 valence electrons. The van der Waals surface area contributed by atoms with Crippen LogP contribution in [0.25, 0.3) is 10.8 Å². The van der Waals surface area contributed by atoms with Gasteiger partial charge in [-0.05, 0) is 12.1 Å². The van der Waals surface area contributed by atoms with E-state index < -0.39 is 0 Å². The normalized spacial score (nSPS) is 15.8. The number of piperazine rings is 1. The summed E-state index contributed by atoms with van der Waals surface area (Å²) in [5.74, 6) is 0.168. The number of aromatic nitrogens is 1. The van der Waals surface area contributed by atoms with Gasteiger partial charge in [0, 0.05) is 62.0 Å². The third-order valence-corrected chi connectivity index (χ3v) is 3.72. The summed E-state index contributed by atoms with van der Waals surface area (Å²) in [6, 6.07) is 8.35. The number of hydrogen-bond donors (Lipinski definition) is 0. The second kappa shape index (κ2) is 4.88. The first-order chi connectivity index (χ1) is 9.25. The molecule has 0 spiro atoms. The Hall–Kier alpha value is -2.10. The molecule has 0 radical (unpaired) electrons. The van der Waals surface area contributed by atoms with Gasteiger partial charge in [-0.15, -0.1) is 0 Å². The van der Waals surface area contributed by atoms with Gasteiger partial charge in [-0.3, -0.25) is 9.78 Å². The molecule has 1 saturated heterocycles. The Bertz CT molecular complexity index is 598. The molecule has 1 fully saturated rings. The molecule has 1 aromatic heterocycles. The Morgan fingerprint density at radius 1 is 1.16 bits per heavy atom. The maximum atomic E-state index is 11.4. The quantitative estimate of drug-likeness (QED) is 0.781. The second-order valence-electron chi connectivity index (χ2n) is 4.87. The van der Waals surface area contributed by atoms with Crippen molar-refractivity contribution in [2.75, 3.05) is 31.1 Å². The van der Waals surface area contributed by atoms with Gasteiger partial charge in [0.05, 0.1) is 0 Å². The summed E-state index contributed by atoms with van der Waals surface area (Å²) in [7, 11) is 0. The first kappa shape index (κ1) is 12.0. The fourth-order valence-electron chi connectivity index (χ4n) is 2.64. The van der Waals surface area contributed by atoms with E-state index in [1.54, 1.807) is 6.92 Å². The number of hydrogen-bond acceptors (Lipinski definition) is 3. The molecule has 0 saturated carbocycles. The summed E-state index contributed by atoms with van der Waals surface area (Å²) in [6.07, 6.45) is 3.72. The zero-order chi connectivity index (χ0) is 13.2. The van der Waals surface area contributed by atoms with Crippen LogP contribution in [0.4, 0.5) is 5.69 Å². The standard InChI is InChI=1S/C15H17N3O/c1-12(19)17-7-9-18(10-8-17)15-4-2-3-13-11-16-6-5-14(13)15/h2-6,11H,7-10H2,1H3. The Kier molecular flexibility index (Phi) is 3.07. The van der Waals surface area contributed by atoms with E-state index in [2.05, 4.69) is 34.1 Å². The molecule has 2 aromatic rings. The first-order valence-corrected chi connectivity index (χ1v) is 6.59. The van der Waals surface area contributed by atoms with Gasteiger partial charge in [0.25, 0.3) is 0 Å². The maximum Gasteiger partial charge on any atom is 0.219 e. The van der Waals surface area contributed by atoms with Crippen LogP contribution >= 0.6 is 0 Å². The number of amides is 1. The summed E-state index contributed by atoms with van der Waals surface area (Å²) < 4.78 is 0. The molecule has 1 aliphatic rings. The average molecular weight is 255 g/mol. The van der Waals surface area contributed by atoms with Crippen LogP contribution in [0.1, 0.15) is 6.92 Å². The van der Waals surface area contributed by atoms with E-state index in [1.807, 2.05) is 17.3 Å². The molecule has 1 amide bonds. The van der Waals surface area contributed by atoms with E-state index in [4.69, 9.17) is 0 Å². The van der Waals surface area contributed by atoms with Crippen molar-refractivity contribution in [1.29, 1.82) is 0 Å². The van der Waals surface area contributed by atoms with Crippen LogP contribution in [-0.4, -0.2) is 42.0 Å². The molecular weight excluding hydrogens is 238 g/mol. The molecular formula is C15H17N3O. The van der Waals surface area contributed by atoms with Crippen LogP contribution in [0.15, 0.2) is 36.7 Å². The monoisotopic (exact) mass is 255 g/mol. The van der Waals surface area contributed by atoms with Gasteiger partial charge < -0.3 is 9.80 Å². The fraction of sp³-hybridized carbons (Fsp3) is 0.333. The molecule has 0 N–H and O–H groups in total. The number of pyridine rings is 1. The molecule has 2 heterocycles. The molecule has 0 atom stereocenters. The number of nitrogens with zero attached hydrogens (tertiary/aromatic N) is 3. The van der Waals surface area contributed by atoms with E-state index in [-0.39, 0.29) is 5.91 Å². The highest BCUT2D eigenvalue weighted by Gasteiger charge is 2.19. The van der Waals surface area contributed by atoms with Crippen LogP contribution < -0.4 is 4.90 Å². The Morgan fingerprint density at radius 3 is 2.68 bits per heavy atom. The summed E-state index contributed by atoms with van der Waals surface area (Å²) in [5, 5.41) is 2.39. The molecule has 4 heteroatoms. The Balaban J connectivity index is 1.88. The van der Waals surface area contributed by atoms with Crippen molar-refractivity contribution in [2.24, 2.45) is 0 Å². The Labute approximate surface area is 112 Å². The number of rotatable bonds is 1. The lowest BCUT2D eigenvalue weighted by Crippen LogP contribution is -2.48. The maximum absolute atomic E-state index is 11.4. The van der Waals surface area contributed by atoms with Crippen molar-refractivity contribution in [2.45, 2.75) is 6.92 Å². The minimum atomic E-state index is 0.168. The van der Waals surface area contributed by atoms with E-state index in [1.165, 1.54) is 11.1 Å². The SMILES string of the molecule is CC(=O)N1CCN(c2cccc3cnccc23)CC1. The largest absolute Gasteiger partial charge is 0.367 e. The van der Waals surface area contributed by atoms with Crippen LogP contribution in [-0.2, 0) is 4.79 Å². The van der Waals surface area contributed by atoms with Gasteiger partial charge in [0.1, 0.15) is 0 Å². The van der Waals surface area contributed by atoms with Crippen LogP contribution in [0.5, 0.6) is 0 Å². The van der Waals surface area contributed by atoms with Gasteiger partial charge in [-0.25, -0.2) is 0 Å². The van der Waals surface area contributed by atoms with Crippen LogP contribution in [0.2, 0.25) is 0 Å². The molecule has 4 nitrogen and oxygen atoms in total. The smallest absolute Gasteiger partial charge is 0.219 e. The van der Waals surface area contributed by atoms with Crippen molar-refractivity contribution in [3.63, 3.8) is 0 Å². The van der Waals surface area contributed by atoms with Crippen molar-refractivity contribution >= 4 is 22.4 Å². The third kappa shape index (κ3) is 2.26. The average Bonchev–Trinajstić information content (AvgIpc) is 2.47. The number of anilines is 1. The molecule has 1 aromatic carbocycles. The Morgan fingerprint density at radius 2 is 1.95 bits per heavy atom. The molecule has 0 aliphatic carbocycles. The highest BCUT2D eigenvalue weighted by atomic mass is 16.2. The van der Waals surface area contributed by atoms with E-state index in [0.29, 0.717) is 0 Å². The zero-order valence-corrected chi connectivity index (χ0v) is 11.0. The zero-order valence-electron chi connectivity index (χ0n) is 11.0. The molecule has 19 heavy (non-hydrogen) atoms. The highest BCUT2D eigenvalue weighted by molar-refractivity contribution is 5.93. The van der Waals surface area contributed by atoms with Crippen LogP contribution in [0, 0.1) is 0 Å². The van der Waals surface area contributed by atoms with Gasteiger partial charge >= 0.3 is 0 Å². The van der Waals surface area contributed by atoms with Gasteiger partial charge in [0.15, 0.2) is 0 Å². The minimum Gasteiger partial charge on any atom is -0.367 e. The van der Waals surface area contributed by atoms with Crippen molar-refractivity contribution < 1.29 is 4.79 Å². The van der Waals surface area contributed by atoms with Crippen molar-refractivity contribution in [1.82, 2.24) is 9.88 Å². The molecule has 0 bridgehead atoms. The lowest BCUT2D eigenvalue weighted by atomic mass is 10.1. The van der Waals surface area contributed by atoms with E-state index >= 15 is 0 Å². The highest BCUT2D eigenvalue weighted by Crippen LogP contribution is 2.26. The molecule has 3 rings (SSSR count). The van der Waals surface area contributed by atoms with Gasteiger partial charge in [0.2, 0.25) is 5.91 Å². The number of benzene rings is 1. The van der Waals surface area contributed by atoms with Gasteiger partial charge in [-0.2, -0.15) is 0 Å². The lowest BCUT2D eigenvalue weighted by Gasteiger charge is -2.36. The summed E-state index contributed by atoms with van der Waals surface area (Å²) in [5.41, 5.74) is 1.24. The molecule has 0 unspecified atom stereocenters. The topological polar surface area (TPSA) is 36.4 Å². The predicted octanol–water partition coefficient (Wildman–Crippen LogP) is 1.90. The van der Waals surface area contributed by atoms with Crippen molar-refractivity contribution in [3.05, 3.63) is 36.7 Å². The third-order valence-electron chi connectivity index (χ3n) is 3.72. The first-order valence-electron chi connectivity index (χ1n) is 6.59. The minimum absolute atomic E-state index is 0.168.